The summed E-state index contributed by atoms with van der Waals surface area (Å²) in [7, 11) is 3.71. The predicted molar refractivity (Wildman–Crippen MR) is 100 cm³/mol. The molecule has 1 N–H and O–H groups in total. The highest BCUT2D eigenvalue weighted by molar-refractivity contribution is 5.86. The number of hydrogen-bond donors (Lipinski definition) is 1. The third-order valence-electron chi connectivity index (χ3n) is 5.15. The van der Waals surface area contributed by atoms with Gasteiger partial charge in [0.25, 0.3) is 5.91 Å². The zero-order valence-electron chi connectivity index (χ0n) is 16.5. The van der Waals surface area contributed by atoms with Crippen molar-refractivity contribution in [3.63, 3.8) is 0 Å². The van der Waals surface area contributed by atoms with Crippen molar-refractivity contribution in [2.24, 2.45) is 7.05 Å². The summed E-state index contributed by atoms with van der Waals surface area (Å²) in [5.41, 5.74) is 0.949. The number of carbonyl (C=O) groups is 1. The van der Waals surface area contributed by atoms with E-state index in [1.54, 1.807) is 4.68 Å². The van der Waals surface area contributed by atoms with E-state index in [1.165, 1.54) is 11.0 Å². The van der Waals surface area contributed by atoms with Gasteiger partial charge in [-0.05, 0) is 44.5 Å². The van der Waals surface area contributed by atoms with Crippen molar-refractivity contribution in [1.82, 2.24) is 19.6 Å². The maximum absolute atomic E-state index is 13.5. The van der Waals surface area contributed by atoms with Crippen LogP contribution in [0.3, 0.4) is 0 Å². The highest BCUT2D eigenvalue weighted by atomic mass is 19.2. The monoisotopic (exact) mass is 392 g/mol. The summed E-state index contributed by atoms with van der Waals surface area (Å²) in [4.78, 5) is 16.3. The Morgan fingerprint density at radius 1 is 1.32 bits per heavy atom. The molecule has 0 spiro atoms. The topological polar surface area (TPSA) is 61.6 Å². The first-order chi connectivity index (χ1) is 13.2. The van der Waals surface area contributed by atoms with Gasteiger partial charge in [0.15, 0.2) is 17.2 Å². The Hall–Kier alpha value is -2.32. The Morgan fingerprint density at radius 2 is 2.07 bits per heavy atom. The van der Waals surface area contributed by atoms with Crippen molar-refractivity contribution in [3.05, 3.63) is 52.9 Å². The van der Waals surface area contributed by atoms with Crippen LogP contribution in [-0.2, 0) is 24.9 Å². The van der Waals surface area contributed by atoms with E-state index in [9.17, 15) is 18.7 Å². The minimum Gasteiger partial charge on any atom is -0.379 e. The first-order valence-corrected chi connectivity index (χ1v) is 9.31. The van der Waals surface area contributed by atoms with E-state index in [1.807, 2.05) is 32.1 Å². The number of likely N-dealkylation sites (tertiary alicyclic amines) is 1. The van der Waals surface area contributed by atoms with Gasteiger partial charge in [0.05, 0.1) is 5.69 Å². The molecule has 1 atom stereocenters. The number of benzene rings is 1. The Labute approximate surface area is 163 Å². The lowest BCUT2D eigenvalue weighted by atomic mass is 9.90. The van der Waals surface area contributed by atoms with Crippen LogP contribution in [0.25, 0.3) is 0 Å². The van der Waals surface area contributed by atoms with Gasteiger partial charge < -0.3 is 10.0 Å². The summed E-state index contributed by atoms with van der Waals surface area (Å²) >= 11 is 0. The highest BCUT2D eigenvalue weighted by Crippen LogP contribution is 2.26. The van der Waals surface area contributed by atoms with Crippen molar-refractivity contribution in [3.8, 4) is 0 Å². The van der Waals surface area contributed by atoms with Gasteiger partial charge in [0, 0.05) is 45.0 Å². The molecule has 8 heteroatoms. The molecule has 1 saturated heterocycles. The first kappa shape index (κ1) is 20.4. The van der Waals surface area contributed by atoms with E-state index >= 15 is 0 Å². The van der Waals surface area contributed by atoms with E-state index in [0.29, 0.717) is 31.5 Å². The number of hydrogen-bond acceptors (Lipinski definition) is 4. The van der Waals surface area contributed by atoms with Crippen molar-refractivity contribution in [2.45, 2.75) is 38.5 Å². The SMILES string of the molecule is Cc1nn(C)cc1CN(C)CC1(O)CCCN(Cc2ccc(F)c(F)c2)C1=O. The highest BCUT2D eigenvalue weighted by Gasteiger charge is 2.42. The number of amides is 1. The Kier molecular flexibility index (Phi) is 5.81. The molecule has 1 aliphatic heterocycles. The lowest BCUT2D eigenvalue weighted by Gasteiger charge is -2.40. The molecule has 1 aromatic carbocycles. The van der Waals surface area contributed by atoms with Gasteiger partial charge in [0.1, 0.15) is 0 Å². The Balaban J connectivity index is 1.67. The van der Waals surface area contributed by atoms with Crippen molar-refractivity contribution < 1.29 is 18.7 Å². The van der Waals surface area contributed by atoms with Crippen LogP contribution in [0.1, 0.15) is 29.7 Å². The summed E-state index contributed by atoms with van der Waals surface area (Å²) in [6, 6.07) is 3.60. The average Bonchev–Trinajstić information content (AvgIpc) is 2.92. The average molecular weight is 392 g/mol. The number of aromatic nitrogens is 2. The molecule has 3 rings (SSSR count). The number of carbonyl (C=O) groups excluding carboxylic acids is 1. The van der Waals surface area contributed by atoms with Gasteiger partial charge in [-0.25, -0.2) is 8.78 Å². The van der Waals surface area contributed by atoms with Crippen LogP contribution in [0.5, 0.6) is 0 Å². The third-order valence-corrected chi connectivity index (χ3v) is 5.15. The lowest BCUT2D eigenvalue weighted by molar-refractivity contribution is -0.160. The molecule has 1 amide bonds. The largest absolute Gasteiger partial charge is 0.379 e. The van der Waals surface area contributed by atoms with Gasteiger partial charge >= 0.3 is 0 Å². The van der Waals surface area contributed by atoms with Crippen LogP contribution in [-0.4, -0.2) is 56.3 Å². The molecule has 28 heavy (non-hydrogen) atoms. The summed E-state index contributed by atoms with van der Waals surface area (Å²) < 4.78 is 28.3. The normalized spacial score (nSPS) is 20.2. The maximum atomic E-state index is 13.5. The summed E-state index contributed by atoms with van der Waals surface area (Å²) in [5.74, 6) is -2.24. The Morgan fingerprint density at radius 3 is 2.71 bits per heavy atom. The van der Waals surface area contributed by atoms with Crippen molar-refractivity contribution in [2.75, 3.05) is 20.1 Å². The minimum absolute atomic E-state index is 0.143. The van der Waals surface area contributed by atoms with E-state index in [-0.39, 0.29) is 19.0 Å². The van der Waals surface area contributed by atoms with Gasteiger partial charge in [0.2, 0.25) is 0 Å². The summed E-state index contributed by atoms with van der Waals surface area (Å²) in [5, 5.41) is 15.3. The molecule has 0 radical (unpaired) electrons. The van der Waals surface area contributed by atoms with Crippen LogP contribution >= 0.6 is 0 Å². The molecule has 1 aliphatic rings. The second-order valence-electron chi connectivity index (χ2n) is 7.70. The van der Waals surface area contributed by atoms with Gasteiger partial charge in [-0.15, -0.1) is 0 Å². The second kappa shape index (κ2) is 7.97. The molecule has 0 bridgehead atoms. The summed E-state index contributed by atoms with van der Waals surface area (Å²) in [6.07, 6.45) is 2.94. The van der Waals surface area contributed by atoms with Gasteiger partial charge in [-0.2, -0.15) is 5.10 Å². The number of aliphatic hydroxyl groups is 1. The van der Waals surface area contributed by atoms with Crippen LogP contribution in [0, 0.1) is 18.6 Å². The molecule has 1 aromatic heterocycles. The molecule has 0 saturated carbocycles. The molecular formula is C20H26F2N4O2. The standard InChI is InChI=1S/C20H26F2N4O2/c1-14-16(12-25(3)23-14)11-24(2)13-20(28)7-4-8-26(19(20)27)10-15-5-6-17(21)18(22)9-15/h5-6,9,12,28H,4,7-8,10-11,13H2,1-3H3. The lowest BCUT2D eigenvalue weighted by Crippen LogP contribution is -2.57. The predicted octanol–water partition coefficient (Wildman–Crippen LogP) is 1.99. The minimum atomic E-state index is -1.50. The molecule has 1 unspecified atom stereocenters. The number of halogens is 2. The molecular weight excluding hydrogens is 366 g/mol. The van der Waals surface area contributed by atoms with Crippen molar-refractivity contribution in [1.29, 1.82) is 0 Å². The fourth-order valence-electron chi connectivity index (χ4n) is 3.82. The first-order valence-electron chi connectivity index (χ1n) is 9.31. The molecule has 0 aliphatic carbocycles. The van der Waals surface area contributed by atoms with Crippen molar-refractivity contribution >= 4 is 5.91 Å². The van der Waals surface area contributed by atoms with E-state index in [0.717, 1.165) is 23.4 Å². The van der Waals surface area contributed by atoms with Crippen LogP contribution in [0.2, 0.25) is 0 Å². The number of rotatable bonds is 6. The second-order valence-corrected chi connectivity index (χ2v) is 7.70. The van der Waals surface area contributed by atoms with Crippen LogP contribution in [0.15, 0.2) is 24.4 Å². The smallest absolute Gasteiger partial charge is 0.256 e. The van der Waals surface area contributed by atoms with Gasteiger partial charge in [-0.1, -0.05) is 6.07 Å². The number of piperidine rings is 1. The number of aryl methyl sites for hydroxylation is 2. The van der Waals surface area contributed by atoms with Gasteiger partial charge in [-0.3, -0.25) is 14.4 Å². The summed E-state index contributed by atoms with van der Waals surface area (Å²) in [6.45, 7) is 3.30. The van der Waals surface area contributed by atoms with E-state index in [2.05, 4.69) is 5.10 Å². The van der Waals surface area contributed by atoms with E-state index in [4.69, 9.17) is 0 Å². The fraction of sp³-hybridized carbons (Fsp3) is 0.500. The molecule has 152 valence electrons. The zero-order valence-corrected chi connectivity index (χ0v) is 16.5. The molecule has 6 nitrogen and oxygen atoms in total. The number of likely N-dealkylation sites (N-methyl/N-ethyl adjacent to an activating group) is 1. The fourth-order valence-corrected chi connectivity index (χ4v) is 3.82. The van der Waals surface area contributed by atoms with Crippen LogP contribution in [0.4, 0.5) is 8.78 Å². The Bertz CT molecular complexity index is 870. The molecule has 1 fully saturated rings. The molecule has 2 heterocycles. The zero-order chi connectivity index (χ0) is 20.5. The quantitative estimate of drug-likeness (QED) is 0.817. The van der Waals surface area contributed by atoms with E-state index < -0.39 is 17.2 Å². The third kappa shape index (κ3) is 4.39. The number of nitrogens with zero attached hydrogens (tertiary/aromatic N) is 4. The maximum Gasteiger partial charge on any atom is 0.256 e. The van der Waals surface area contributed by atoms with Crippen LogP contribution < -0.4 is 0 Å². The molecule has 2 aromatic rings.